The average molecular weight is 428 g/mol. The smallest absolute Gasteiger partial charge is 0.338 e. The Kier molecular flexibility index (Phi) is 7.69. The first kappa shape index (κ1) is 23.2. The Bertz CT molecular complexity index is 801. The van der Waals surface area contributed by atoms with Crippen LogP contribution in [0.4, 0.5) is 0 Å². The van der Waals surface area contributed by atoms with Gasteiger partial charge in [0.2, 0.25) is 0 Å². The van der Waals surface area contributed by atoms with Crippen molar-refractivity contribution in [1.82, 2.24) is 9.80 Å². The highest BCUT2D eigenvalue weighted by Gasteiger charge is 2.39. The fourth-order valence-electron chi connectivity index (χ4n) is 4.62. The number of carbonyl (C=O) groups excluding carboxylic acids is 2. The van der Waals surface area contributed by atoms with Gasteiger partial charge in [0.15, 0.2) is 6.61 Å². The molecule has 7 nitrogen and oxygen atoms in total. The second kappa shape index (κ2) is 10.3. The minimum atomic E-state index is -0.780. The maximum Gasteiger partial charge on any atom is 0.338 e. The van der Waals surface area contributed by atoms with Gasteiger partial charge in [-0.05, 0) is 44.4 Å². The summed E-state index contributed by atoms with van der Waals surface area (Å²) in [4.78, 5) is 28.8. The molecule has 0 bridgehead atoms. The lowest BCUT2D eigenvalue weighted by Gasteiger charge is -2.38. The first-order valence-electron chi connectivity index (χ1n) is 11.1. The van der Waals surface area contributed by atoms with Gasteiger partial charge < -0.3 is 14.4 Å². The lowest BCUT2D eigenvalue weighted by Crippen LogP contribution is -2.51. The summed E-state index contributed by atoms with van der Waals surface area (Å²) >= 11 is 0. The van der Waals surface area contributed by atoms with Crippen LogP contribution in [0.2, 0.25) is 0 Å². The third kappa shape index (κ3) is 5.84. The summed E-state index contributed by atoms with van der Waals surface area (Å²) in [6, 6.07) is 9.62. The van der Waals surface area contributed by atoms with Crippen molar-refractivity contribution < 1.29 is 19.1 Å². The number of ether oxygens (including phenoxy) is 2. The first-order chi connectivity index (χ1) is 14.8. The largest absolute Gasteiger partial charge is 0.452 e. The van der Waals surface area contributed by atoms with Gasteiger partial charge in [-0.2, -0.15) is 5.26 Å². The Morgan fingerprint density at radius 1 is 1.16 bits per heavy atom. The van der Waals surface area contributed by atoms with E-state index in [2.05, 4.69) is 24.8 Å². The van der Waals surface area contributed by atoms with Crippen molar-refractivity contribution in [2.45, 2.75) is 70.2 Å². The summed E-state index contributed by atoms with van der Waals surface area (Å²) in [6.45, 7) is 6.36. The molecule has 3 rings (SSSR count). The topological polar surface area (TPSA) is 82.9 Å². The Morgan fingerprint density at radius 3 is 2.35 bits per heavy atom. The monoisotopic (exact) mass is 427 g/mol. The molecule has 2 atom stereocenters. The summed E-state index contributed by atoms with van der Waals surface area (Å²) in [5, 5.41) is 9.63. The molecule has 1 heterocycles. The van der Waals surface area contributed by atoms with E-state index in [4.69, 9.17) is 9.47 Å². The maximum atomic E-state index is 12.6. The van der Waals surface area contributed by atoms with Gasteiger partial charge in [0.1, 0.15) is 5.54 Å². The Labute approximate surface area is 184 Å². The number of nitrogens with zero attached hydrogens (tertiary/aromatic N) is 3. The number of carbonyl (C=O) groups is 2. The fraction of sp³-hybridized carbons (Fsp3) is 0.625. The van der Waals surface area contributed by atoms with Crippen molar-refractivity contribution in [2.75, 3.05) is 26.7 Å². The normalized spacial score (nSPS) is 23.5. The molecule has 2 unspecified atom stereocenters. The zero-order valence-electron chi connectivity index (χ0n) is 18.8. The van der Waals surface area contributed by atoms with Crippen molar-refractivity contribution >= 4 is 11.9 Å². The maximum absolute atomic E-state index is 12.6. The van der Waals surface area contributed by atoms with Crippen molar-refractivity contribution in [3.8, 4) is 6.07 Å². The molecule has 1 aliphatic carbocycles. The highest BCUT2D eigenvalue weighted by molar-refractivity contribution is 5.91. The van der Waals surface area contributed by atoms with Crippen LogP contribution >= 0.6 is 0 Å². The van der Waals surface area contributed by atoms with Crippen molar-refractivity contribution in [3.63, 3.8) is 0 Å². The molecule has 168 valence electrons. The predicted octanol–water partition coefficient (Wildman–Crippen LogP) is 3.14. The SMILES string of the molecule is CC1CN(Cc2ccc(C(=O)OCC(=O)N(C)C3(C#N)CCCCC3)cc2)CC(C)O1. The van der Waals surface area contributed by atoms with E-state index in [0.717, 1.165) is 44.5 Å². The zero-order chi connectivity index (χ0) is 22.4. The molecule has 0 spiro atoms. The van der Waals surface area contributed by atoms with Gasteiger partial charge in [-0.1, -0.05) is 31.4 Å². The number of amides is 1. The molecule has 2 fully saturated rings. The zero-order valence-corrected chi connectivity index (χ0v) is 18.8. The van der Waals surface area contributed by atoms with Gasteiger partial charge >= 0.3 is 5.97 Å². The van der Waals surface area contributed by atoms with E-state index < -0.39 is 11.5 Å². The second-order valence-electron chi connectivity index (χ2n) is 8.88. The summed E-state index contributed by atoms with van der Waals surface area (Å²) in [5.74, 6) is -0.874. The third-order valence-electron chi connectivity index (χ3n) is 6.32. The predicted molar refractivity (Wildman–Crippen MR) is 116 cm³/mol. The van der Waals surface area contributed by atoms with Gasteiger partial charge in [-0.3, -0.25) is 9.69 Å². The van der Waals surface area contributed by atoms with Gasteiger partial charge in [0.25, 0.3) is 5.91 Å². The molecule has 1 aliphatic heterocycles. The number of benzene rings is 1. The van der Waals surface area contributed by atoms with E-state index in [0.29, 0.717) is 18.4 Å². The minimum Gasteiger partial charge on any atom is -0.452 e. The molecule has 2 aliphatic rings. The van der Waals surface area contributed by atoms with E-state index in [1.165, 1.54) is 4.90 Å². The van der Waals surface area contributed by atoms with Gasteiger partial charge in [0, 0.05) is 26.7 Å². The average Bonchev–Trinajstić information content (AvgIpc) is 2.77. The summed E-state index contributed by atoms with van der Waals surface area (Å²) < 4.78 is 11.0. The highest BCUT2D eigenvalue weighted by Crippen LogP contribution is 2.32. The van der Waals surface area contributed by atoms with Crippen LogP contribution in [0.1, 0.15) is 61.9 Å². The molecule has 1 aromatic rings. The van der Waals surface area contributed by atoms with Crippen molar-refractivity contribution in [1.29, 1.82) is 5.26 Å². The summed E-state index contributed by atoms with van der Waals surface area (Å²) in [5.41, 5.74) is 0.746. The summed E-state index contributed by atoms with van der Waals surface area (Å²) in [7, 11) is 1.63. The van der Waals surface area contributed by atoms with Crippen molar-refractivity contribution in [2.24, 2.45) is 0 Å². The standard InChI is InChI=1S/C24H33N3O4/c1-18-13-27(14-19(2)31-18)15-20-7-9-21(10-8-20)23(29)30-16-22(28)26(3)24(17-25)11-5-4-6-12-24/h7-10,18-19H,4-6,11-16H2,1-3H3. The van der Waals surface area contributed by atoms with E-state index in [1.54, 1.807) is 19.2 Å². The van der Waals surface area contributed by atoms with Crippen LogP contribution in [0.15, 0.2) is 24.3 Å². The van der Waals surface area contributed by atoms with Gasteiger partial charge in [-0.25, -0.2) is 4.79 Å². The van der Waals surface area contributed by atoms with Gasteiger partial charge in [0.05, 0.1) is 23.8 Å². The fourth-order valence-corrected chi connectivity index (χ4v) is 4.62. The highest BCUT2D eigenvalue weighted by atomic mass is 16.5. The van der Waals surface area contributed by atoms with E-state index in [1.807, 2.05) is 12.1 Å². The Morgan fingerprint density at radius 2 is 1.77 bits per heavy atom. The first-order valence-corrected chi connectivity index (χ1v) is 11.1. The molecule has 1 saturated heterocycles. The lowest BCUT2D eigenvalue weighted by molar-refractivity contribution is -0.138. The number of likely N-dealkylation sites (N-methyl/N-ethyl adjacent to an activating group) is 1. The number of hydrogen-bond acceptors (Lipinski definition) is 6. The van der Waals surface area contributed by atoms with Gasteiger partial charge in [-0.15, -0.1) is 0 Å². The molecular formula is C24H33N3O4. The molecule has 0 radical (unpaired) electrons. The van der Waals surface area contributed by atoms with Crippen LogP contribution in [0.25, 0.3) is 0 Å². The van der Waals surface area contributed by atoms with Crippen molar-refractivity contribution in [3.05, 3.63) is 35.4 Å². The molecule has 1 aromatic carbocycles. The van der Waals surface area contributed by atoms with E-state index >= 15 is 0 Å². The molecule has 1 amide bonds. The molecule has 7 heteroatoms. The summed E-state index contributed by atoms with van der Waals surface area (Å²) in [6.07, 6.45) is 4.70. The van der Waals surface area contributed by atoms with E-state index in [-0.39, 0.29) is 24.7 Å². The molecule has 1 saturated carbocycles. The number of rotatable bonds is 6. The lowest BCUT2D eigenvalue weighted by atomic mass is 9.81. The van der Waals surface area contributed by atoms with Crippen LogP contribution < -0.4 is 0 Å². The van der Waals surface area contributed by atoms with Crippen LogP contribution in [-0.4, -0.2) is 66.2 Å². The number of esters is 1. The quantitative estimate of drug-likeness (QED) is 0.649. The van der Waals surface area contributed by atoms with Crippen LogP contribution in [0.5, 0.6) is 0 Å². The van der Waals surface area contributed by atoms with Crippen LogP contribution in [-0.2, 0) is 20.8 Å². The number of morpholine rings is 1. The van der Waals surface area contributed by atoms with Crippen LogP contribution in [0.3, 0.4) is 0 Å². The number of hydrogen-bond donors (Lipinski definition) is 0. The second-order valence-corrected chi connectivity index (χ2v) is 8.88. The Balaban J connectivity index is 1.51. The number of nitriles is 1. The third-order valence-corrected chi connectivity index (χ3v) is 6.32. The van der Waals surface area contributed by atoms with Crippen LogP contribution in [0, 0.1) is 11.3 Å². The Hall–Kier alpha value is -2.43. The minimum absolute atomic E-state index is 0.211. The van der Waals surface area contributed by atoms with E-state index in [9.17, 15) is 14.9 Å². The molecule has 0 aromatic heterocycles. The molecule has 0 N–H and O–H groups in total. The molecular weight excluding hydrogens is 394 g/mol. The molecule has 31 heavy (non-hydrogen) atoms.